The molecule has 0 heterocycles. The van der Waals surface area contributed by atoms with Crippen LogP contribution in [0.15, 0.2) is 0 Å². The Hall–Kier alpha value is -0.650. The molecule has 0 unspecified atom stereocenters. The van der Waals surface area contributed by atoms with Crippen molar-refractivity contribution in [1.29, 1.82) is 0 Å². The van der Waals surface area contributed by atoms with E-state index in [0.29, 0.717) is 32.7 Å². The van der Waals surface area contributed by atoms with Crippen LogP contribution in [-0.4, -0.2) is 38.5 Å². The minimum atomic E-state index is -0.353. The molecule has 0 aliphatic heterocycles. The lowest BCUT2D eigenvalue weighted by molar-refractivity contribution is -0.141. The molecule has 1 aliphatic carbocycles. The molecule has 0 radical (unpaired) electrons. The second-order valence-corrected chi connectivity index (χ2v) is 5.59. The lowest BCUT2D eigenvalue weighted by Crippen LogP contribution is -2.41. The predicted octanol–water partition coefficient (Wildman–Crippen LogP) is 1.80. The van der Waals surface area contributed by atoms with Crippen molar-refractivity contribution in [2.24, 2.45) is 11.1 Å². The van der Waals surface area contributed by atoms with Crippen LogP contribution in [0.25, 0.3) is 0 Å². The first kappa shape index (κ1) is 17.4. The van der Waals surface area contributed by atoms with Crippen molar-refractivity contribution >= 4 is 5.91 Å². The highest BCUT2D eigenvalue weighted by Crippen LogP contribution is 2.38. The van der Waals surface area contributed by atoms with Crippen LogP contribution in [0.2, 0.25) is 0 Å². The van der Waals surface area contributed by atoms with Crippen molar-refractivity contribution in [2.75, 3.05) is 26.3 Å². The molecule has 0 aromatic carbocycles. The molecule has 1 fully saturated rings. The zero-order chi connectivity index (χ0) is 14.8. The van der Waals surface area contributed by atoms with Crippen molar-refractivity contribution < 1.29 is 14.3 Å². The van der Waals surface area contributed by atoms with E-state index in [2.05, 4.69) is 5.32 Å². The summed E-state index contributed by atoms with van der Waals surface area (Å²) in [6.45, 7) is 5.99. The van der Waals surface area contributed by atoms with Gasteiger partial charge in [0.15, 0.2) is 6.29 Å². The van der Waals surface area contributed by atoms with E-state index in [0.717, 1.165) is 12.8 Å². The van der Waals surface area contributed by atoms with Gasteiger partial charge in [-0.3, -0.25) is 4.79 Å². The van der Waals surface area contributed by atoms with Crippen LogP contribution < -0.4 is 11.1 Å². The van der Waals surface area contributed by atoms with E-state index in [9.17, 15) is 4.79 Å². The Balaban J connectivity index is 2.37. The van der Waals surface area contributed by atoms with Crippen LogP contribution in [0.3, 0.4) is 0 Å². The summed E-state index contributed by atoms with van der Waals surface area (Å²) in [6.07, 6.45) is 5.94. The molecule has 20 heavy (non-hydrogen) atoms. The van der Waals surface area contributed by atoms with Gasteiger partial charge in [0.25, 0.3) is 0 Å². The number of hydrogen-bond donors (Lipinski definition) is 2. The first-order valence-electron chi connectivity index (χ1n) is 7.85. The summed E-state index contributed by atoms with van der Waals surface area (Å²) < 4.78 is 10.8. The SMILES string of the molecule is CCOC(CNC(=O)CC1(CN)CCCCC1)OCC. The molecule has 5 nitrogen and oxygen atoms in total. The van der Waals surface area contributed by atoms with Crippen molar-refractivity contribution in [3.05, 3.63) is 0 Å². The van der Waals surface area contributed by atoms with Gasteiger partial charge in [0.1, 0.15) is 0 Å². The maximum Gasteiger partial charge on any atom is 0.220 e. The minimum Gasteiger partial charge on any atom is -0.351 e. The Kier molecular flexibility index (Phi) is 8.11. The molecule has 0 aromatic rings. The van der Waals surface area contributed by atoms with E-state index < -0.39 is 0 Å². The standard InChI is InChI=1S/C15H30N2O3/c1-3-19-14(20-4-2)11-17-13(18)10-15(12-16)8-6-5-7-9-15/h14H,3-12,16H2,1-2H3,(H,17,18). The van der Waals surface area contributed by atoms with Gasteiger partial charge in [-0.1, -0.05) is 19.3 Å². The summed E-state index contributed by atoms with van der Waals surface area (Å²) in [7, 11) is 0. The molecular weight excluding hydrogens is 256 g/mol. The number of hydrogen-bond acceptors (Lipinski definition) is 4. The topological polar surface area (TPSA) is 73.6 Å². The summed E-state index contributed by atoms with van der Waals surface area (Å²) in [5.41, 5.74) is 5.92. The molecule has 3 N–H and O–H groups in total. The molecule has 1 rings (SSSR count). The fourth-order valence-corrected chi connectivity index (χ4v) is 2.89. The molecule has 0 bridgehead atoms. The second kappa shape index (κ2) is 9.32. The van der Waals surface area contributed by atoms with Gasteiger partial charge in [0, 0.05) is 19.6 Å². The van der Waals surface area contributed by atoms with Crippen molar-refractivity contribution in [3.8, 4) is 0 Å². The maximum atomic E-state index is 12.1. The Labute approximate surface area is 122 Å². The first-order valence-corrected chi connectivity index (χ1v) is 7.85. The van der Waals surface area contributed by atoms with E-state index in [1.807, 2.05) is 13.8 Å². The summed E-state index contributed by atoms with van der Waals surface area (Å²) in [6, 6.07) is 0. The molecule has 1 saturated carbocycles. The number of amides is 1. The van der Waals surface area contributed by atoms with Gasteiger partial charge in [-0.15, -0.1) is 0 Å². The van der Waals surface area contributed by atoms with E-state index in [-0.39, 0.29) is 17.6 Å². The van der Waals surface area contributed by atoms with Gasteiger partial charge >= 0.3 is 0 Å². The van der Waals surface area contributed by atoms with E-state index in [1.54, 1.807) is 0 Å². The third-order valence-corrected chi connectivity index (χ3v) is 4.05. The first-order chi connectivity index (χ1) is 9.65. The number of nitrogens with two attached hydrogens (primary N) is 1. The molecule has 5 heteroatoms. The lowest BCUT2D eigenvalue weighted by atomic mass is 9.71. The molecule has 0 atom stereocenters. The lowest BCUT2D eigenvalue weighted by Gasteiger charge is -2.35. The van der Waals surface area contributed by atoms with Gasteiger partial charge in [0.2, 0.25) is 5.91 Å². The fraction of sp³-hybridized carbons (Fsp3) is 0.933. The number of nitrogens with one attached hydrogen (secondary N) is 1. The predicted molar refractivity (Wildman–Crippen MR) is 79.2 cm³/mol. The Bertz CT molecular complexity index is 272. The molecule has 0 aromatic heterocycles. The van der Waals surface area contributed by atoms with Crippen molar-refractivity contribution in [2.45, 2.75) is 58.7 Å². The fourth-order valence-electron chi connectivity index (χ4n) is 2.89. The molecule has 1 aliphatic rings. The van der Waals surface area contributed by atoms with Crippen LogP contribution in [0.4, 0.5) is 0 Å². The Morgan fingerprint density at radius 1 is 1.20 bits per heavy atom. The molecule has 0 spiro atoms. The van der Waals surface area contributed by atoms with Crippen LogP contribution in [0.1, 0.15) is 52.4 Å². The van der Waals surface area contributed by atoms with E-state index >= 15 is 0 Å². The number of carbonyl (C=O) groups is 1. The molecule has 1 amide bonds. The van der Waals surface area contributed by atoms with Gasteiger partial charge in [0.05, 0.1) is 6.54 Å². The third kappa shape index (κ3) is 5.77. The highest BCUT2D eigenvalue weighted by molar-refractivity contribution is 5.76. The Morgan fingerprint density at radius 3 is 2.30 bits per heavy atom. The molecule has 0 saturated heterocycles. The van der Waals surface area contributed by atoms with Gasteiger partial charge in [-0.05, 0) is 38.6 Å². The summed E-state index contributed by atoms with van der Waals surface area (Å²) >= 11 is 0. The van der Waals surface area contributed by atoms with Gasteiger partial charge < -0.3 is 20.5 Å². The minimum absolute atomic E-state index is 0.00899. The Morgan fingerprint density at radius 2 is 1.80 bits per heavy atom. The highest BCUT2D eigenvalue weighted by atomic mass is 16.7. The monoisotopic (exact) mass is 286 g/mol. The highest BCUT2D eigenvalue weighted by Gasteiger charge is 2.32. The second-order valence-electron chi connectivity index (χ2n) is 5.59. The van der Waals surface area contributed by atoms with E-state index in [4.69, 9.17) is 15.2 Å². The van der Waals surface area contributed by atoms with Crippen LogP contribution in [0.5, 0.6) is 0 Å². The largest absolute Gasteiger partial charge is 0.351 e. The van der Waals surface area contributed by atoms with Crippen LogP contribution >= 0.6 is 0 Å². The van der Waals surface area contributed by atoms with Gasteiger partial charge in [-0.2, -0.15) is 0 Å². The van der Waals surface area contributed by atoms with Crippen molar-refractivity contribution in [1.82, 2.24) is 5.32 Å². The molecule has 118 valence electrons. The van der Waals surface area contributed by atoms with Gasteiger partial charge in [-0.25, -0.2) is 0 Å². The number of ether oxygens (including phenoxy) is 2. The van der Waals surface area contributed by atoms with Crippen molar-refractivity contribution in [3.63, 3.8) is 0 Å². The van der Waals surface area contributed by atoms with Crippen LogP contribution in [-0.2, 0) is 14.3 Å². The average molecular weight is 286 g/mol. The normalized spacial score (nSPS) is 18.2. The maximum absolute atomic E-state index is 12.1. The zero-order valence-electron chi connectivity index (χ0n) is 13.0. The smallest absolute Gasteiger partial charge is 0.220 e. The van der Waals surface area contributed by atoms with Crippen LogP contribution in [0, 0.1) is 5.41 Å². The third-order valence-electron chi connectivity index (χ3n) is 4.05. The number of rotatable bonds is 9. The van der Waals surface area contributed by atoms with E-state index in [1.165, 1.54) is 19.3 Å². The summed E-state index contributed by atoms with van der Waals surface area (Å²) in [4.78, 5) is 12.1. The average Bonchev–Trinajstić information content (AvgIpc) is 2.46. The molecular formula is C15H30N2O3. The number of carbonyl (C=O) groups excluding carboxylic acids is 1. The quantitative estimate of drug-likeness (QED) is 0.634. The summed E-state index contributed by atoms with van der Waals surface area (Å²) in [5, 5.41) is 2.91. The summed E-state index contributed by atoms with van der Waals surface area (Å²) in [5.74, 6) is 0.0572. The zero-order valence-corrected chi connectivity index (χ0v) is 13.0.